The van der Waals surface area contributed by atoms with Gasteiger partial charge in [-0.25, -0.2) is 4.79 Å². The summed E-state index contributed by atoms with van der Waals surface area (Å²) < 4.78 is 28.9. The Balaban J connectivity index is 4.04. The van der Waals surface area contributed by atoms with Crippen molar-refractivity contribution in [1.82, 2.24) is 0 Å². The van der Waals surface area contributed by atoms with Crippen LogP contribution in [-0.4, -0.2) is 23.3 Å². The van der Waals surface area contributed by atoms with Crippen LogP contribution in [0.25, 0.3) is 0 Å². The lowest BCUT2D eigenvalue weighted by atomic mass is 10.1. The number of alkyl halides is 2. The van der Waals surface area contributed by atoms with Gasteiger partial charge in [0.2, 0.25) is 0 Å². The zero-order valence-corrected chi connectivity index (χ0v) is 7.88. The summed E-state index contributed by atoms with van der Waals surface area (Å²) in [5.74, 6) is -2.05. The van der Waals surface area contributed by atoms with Crippen LogP contribution in [0.2, 0.25) is 0 Å². The first-order chi connectivity index (χ1) is 5.75. The number of hydrogen-bond acceptors (Lipinski definition) is 2. The largest absolute Gasteiger partial charge is 0.475 e. The molecule has 0 aromatic rings. The van der Waals surface area contributed by atoms with Crippen molar-refractivity contribution >= 4 is 5.97 Å². The van der Waals surface area contributed by atoms with Gasteiger partial charge in [0.15, 0.2) is 0 Å². The van der Waals surface area contributed by atoms with Crippen LogP contribution in [-0.2, 0) is 9.53 Å². The zero-order valence-electron chi connectivity index (χ0n) is 7.88. The third-order valence-corrected chi connectivity index (χ3v) is 1.40. The van der Waals surface area contributed by atoms with E-state index in [0.29, 0.717) is 6.42 Å². The van der Waals surface area contributed by atoms with Crippen molar-refractivity contribution in [2.75, 3.05) is 0 Å². The molecule has 5 heteroatoms. The number of ether oxygens (including phenoxy) is 1. The number of carboxylic acid groups (broad SMARTS) is 1. The Labute approximate surface area is 75.7 Å². The van der Waals surface area contributed by atoms with Gasteiger partial charge in [-0.3, -0.25) is 0 Å². The molecular formula is C8H14F2O3. The lowest BCUT2D eigenvalue weighted by Gasteiger charge is -2.19. The summed E-state index contributed by atoms with van der Waals surface area (Å²) in [6.07, 6.45) is -4.43. The quantitative estimate of drug-likeness (QED) is 0.732. The third kappa shape index (κ3) is 4.77. The van der Waals surface area contributed by atoms with E-state index in [0.717, 1.165) is 0 Å². The summed E-state index contributed by atoms with van der Waals surface area (Å²) in [6.45, 7) is 5.12. The van der Waals surface area contributed by atoms with E-state index in [1.807, 2.05) is 13.8 Å². The molecule has 0 rings (SSSR count). The first-order valence-electron chi connectivity index (χ1n) is 4.04. The number of hydrogen-bond donors (Lipinski definition) is 1. The fourth-order valence-corrected chi connectivity index (χ4v) is 1.02. The molecule has 0 amide bonds. The van der Waals surface area contributed by atoms with Crippen LogP contribution >= 0.6 is 0 Å². The van der Waals surface area contributed by atoms with E-state index in [1.165, 1.54) is 6.92 Å². The van der Waals surface area contributed by atoms with Crippen molar-refractivity contribution in [3.8, 4) is 0 Å². The number of aliphatic carboxylic acids is 1. The van der Waals surface area contributed by atoms with E-state index in [4.69, 9.17) is 5.11 Å². The molecule has 0 radical (unpaired) electrons. The molecule has 0 aliphatic heterocycles. The van der Waals surface area contributed by atoms with Crippen molar-refractivity contribution in [3.05, 3.63) is 0 Å². The van der Waals surface area contributed by atoms with Gasteiger partial charge in [-0.2, -0.15) is 8.78 Å². The SMILES string of the molecule is CC(C)CC(C)OC(F)(F)C(=O)O. The first-order valence-corrected chi connectivity index (χ1v) is 4.04. The predicted octanol–water partition coefficient (Wildman–Crippen LogP) is 2.12. The van der Waals surface area contributed by atoms with E-state index < -0.39 is 18.2 Å². The van der Waals surface area contributed by atoms with Gasteiger partial charge in [-0.1, -0.05) is 13.8 Å². The molecule has 0 heterocycles. The molecule has 78 valence electrons. The fraction of sp³-hybridized carbons (Fsp3) is 0.875. The van der Waals surface area contributed by atoms with Crippen LogP contribution < -0.4 is 0 Å². The van der Waals surface area contributed by atoms with Crippen LogP contribution in [0.15, 0.2) is 0 Å². The molecule has 0 aromatic carbocycles. The second-order valence-corrected chi connectivity index (χ2v) is 3.38. The molecule has 0 saturated heterocycles. The Morgan fingerprint density at radius 3 is 2.23 bits per heavy atom. The number of carboxylic acids is 1. The molecule has 0 bridgehead atoms. The third-order valence-electron chi connectivity index (χ3n) is 1.40. The highest BCUT2D eigenvalue weighted by atomic mass is 19.3. The van der Waals surface area contributed by atoms with Crippen molar-refractivity contribution < 1.29 is 23.4 Å². The molecule has 3 nitrogen and oxygen atoms in total. The van der Waals surface area contributed by atoms with E-state index >= 15 is 0 Å². The van der Waals surface area contributed by atoms with E-state index in [9.17, 15) is 13.6 Å². The average molecular weight is 196 g/mol. The second-order valence-electron chi connectivity index (χ2n) is 3.38. The van der Waals surface area contributed by atoms with E-state index in [-0.39, 0.29) is 5.92 Å². The smallest absolute Gasteiger partial charge is 0.456 e. The van der Waals surface area contributed by atoms with Gasteiger partial charge >= 0.3 is 12.1 Å². The minimum atomic E-state index is -4.08. The van der Waals surface area contributed by atoms with Crippen molar-refractivity contribution in [2.24, 2.45) is 5.92 Å². The summed E-state index contributed by atoms with van der Waals surface area (Å²) >= 11 is 0. The Morgan fingerprint density at radius 2 is 1.92 bits per heavy atom. The molecule has 0 aliphatic rings. The molecule has 1 N–H and O–H groups in total. The van der Waals surface area contributed by atoms with Gasteiger partial charge in [-0.05, 0) is 19.3 Å². The highest BCUT2D eigenvalue weighted by Crippen LogP contribution is 2.20. The maximum Gasteiger partial charge on any atom is 0.456 e. The lowest BCUT2D eigenvalue weighted by molar-refractivity contribution is -0.261. The molecule has 0 spiro atoms. The second kappa shape index (κ2) is 4.50. The zero-order chi connectivity index (χ0) is 10.6. The molecule has 1 atom stereocenters. The molecule has 0 aromatic heterocycles. The molecule has 13 heavy (non-hydrogen) atoms. The monoisotopic (exact) mass is 196 g/mol. The predicted molar refractivity (Wildman–Crippen MR) is 42.6 cm³/mol. The van der Waals surface area contributed by atoms with Crippen LogP contribution in [0, 0.1) is 5.92 Å². The Hall–Kier alpha value is -0.710. The fourth-order valence-electron chi connectivity index (χ4n) is 1.02. The van der Waals surface area contributed by atoms with Crippen LogP contribution in [0.4, 0.5) is 8.78 Å². The summed E-state index contributed by atoms with van der Waals surface area (Å²) in [5, 5.41) is 8.05. The first kappa shape index (κ1) is 12.3. The van der Waals surface area contributed by atoms with Gasteiger partial charge < -0.3 is 9.84 Å². The Bertz CT molecular complexity index is 180. The van der Waals surface area contributed by atoms with Crippen molar-refractivity contribution in [2.45, 2.75) is 39.4 Å². The molecule has 1 unspecified atom stereocenters. The van der Waals surface area contributed by atoms with Crippen LogP contribution in [0.3, 0.4) is 0 Å². The Morgan fingerprint density at radius 1 is 1.46 bits per heavy atom. The summed E-state index contributed by atoms with van der Waals surface area (Å²) in [5.41, 5.74) is 0. The van der Waals surface area contributed by atoms with Crippen molar-refractivity contribution in [1.29, 1.82) is 0 Å². The maximum absolute atomic E-state index is 12.4. The Kier molecular flexibility index (Phi) is 4.26. The number of halogens is 2. The number of rotatable bonds is 5. The van der Waals surface area contributed by atoms with Gasteiger partial charge in [0.05, 0.1) is 6.10 Å². The number of carbonyl (C=O) groups is 1. The summed E-state index contributed by atoms with van der Waals surface area (Å²) in [4.78, 5) is 9.97. The van der Waals surface area contributed by atoms with Crippen molar-refractivity contribution in [3.63, 3.8) is 0 Å². The summed E-state index contributed by atoms with van der Waals surface area (Å²) in [7, 11) is 0. The standard InChI is InChI=1S/C8H14F2O3/c1-5(2)4-6(3)13-8(9,10)7(11)12/h5-6H,4H2,1-3H3,(H,11,12). The minimum absolute atomic E-state index is 0.194. The van der Waals surface area contributed by atoms with Gasteiger partial charge in [0.1, 0.15) is 0 Å². The lowest BCUT2D eigenvalue weighted by Crippen LogP contribution is -2.35. The topological polar surface area (TPSA) is 46.5 Å². The minimum Gasteiger partial charge on any atom is -0.475 e. The normalized spacial score (nSPS) is 14.6. The van der Waals surface area contributed by atoms with E-state index in [1.54, 1.807) is 0 Å². The molecule has 0 saturated carbocycles. The molecule has 0 fully saturated rings. The average Bonchev–Trinajstić information content (AvgIpc) is 1.82. The van der Waals surface area contributed by atoms with Gasteiger partial charge in [0.25, 0.3) is 0 Å². The van der Waals surface area contributed by atoms with Crippen LogP contribution in [0.1, 0.15) is 27.2 Å². The summed E-state index contributed by atoms with van der Waals surface area (Å²) in [6, 6.07) is 0. The highest BCUT2D eigenvalue weighted by Gasteiger charge is 2.42. The molecular weight excluding hydrogens is 182 g/mol. The van der Waals surface area contributed by atoms with Gasteiger partial charge in [0, 0.05) is 0 Å². The van der Waals surface area contributed by atoms with Crippen LogP contribution in [0.5, 0.6) is 0 Å². The maximum atomic E-state index is 12.4. The van der Waals surface area contributed by atoms with E-state index in [2.05, 4.69) is 4.74 Å². The highest BCUT2D eigenvalue weighted by molar-refractivity contribution is 5.73. The molecule has 0 aliphatic carbocycles. The van der Waals surface area contributed by atoms with Gasteiger partial charge in [-0.15, -0.1) is 0 Å².